The van der Waals surface area contributed by atoms with E-state index >= 15 is 0 Å². The number of nitrogens with zero attached hydrogens (tertiary/aromatic N) is 3. The van der Waals surface area contributed by atoms with Gasteiger partial charge in [0.05, 0.1) is 18.8 Å². The summed E-state index contributed by atoms with van der Waals surface area (Å²) in [6.07, 6.45) is 4.32. The molecule has 1 aliphatic carbocycles. The number of fused-ring (bicyclic) bond motifs is 1. The topological polar surface area (TPSA) is 58.9 Å². The third-order valence-electron chi connectivity index (χ3n) is 5.41. The number of anilines is 1. The standard InChI is InChI=1S/C19H26N4O2/c1-13-12-16(22-8-10-25-11-9-22)20-17-15(6-7-23(13)17)18(24)21-19(2,3)14-4-5-14/h6-7,12,14H,4-5,8-11H2,1-3H3,(H,21,24). The second kappa shape index (κ2) is 6.02. The lowest BCUT2D eigenvalue weighted by Crippen LogP contribution is -2.45. The SMILES string of the molecule is Cc1cc(N2CCOCC2)nc2c(C(=O)NC(C)(C)C3CC3)ccn12. The van der Waals surface area contributed by atoms with Crippen LogP contribution in [0.2, 0.25) is 0 Å². The van der Waals surface area contributed by atoms with Crippen molar-refractivity contribution >= 4 is 17.4 Å². The summed E-state index contributed by atoms with van der Waals surface area (Å²) in [4.78, 5) is 19.9. The van der Waals surface area contributed by atoms with Gasteiger partial charge in [-0.25, -0.2) is 4.98 Å². The van der Waals surface area contributed by atoms with E-state index in [1.165, 1.54) is 12.8 Å². The summed E-state index contributed by atoms with van der Waals surface area (Å²) in [5.74, 6) is 1.47. The molecular formula is C19H26N4O2. The van der Waals surface area contributed by atoms with Crippen molar-refractivity contribution in [2.24, 2.45) is 5.92 Å². The van der Waals surface area contributed by atoms with E-state index in [9.17, 15) is 4.79 Å². The molecule has 6 nitrogen and oxygen atoms in total. The van der Waals surface area contributed by atoms with Crippen LogP contribution in [0.25, 0.3) is 5.65 Å². The second-order valence-corrected chi connectivity index (χ2v) is 7.73. The Labute approximate surface area is 148 Å². The highest BCUT2D eigenvalue weighted by Crippen LogP contribution is 2.39. The van der Waals surface area contributed by atoms with Gasteiger partial charge in [-0.3, -0.25) is 4.79 Å². The number of carbonyl (C=O) groups is 1. The predicted molar refractivity (Wildman–Crippen MR) is 97.2 cm³/mol. The maximum absolute atomic E-state index is 12.9. The summed E-state index contributed by atoms with van der Waals surface area (Å²) in [6, 6.07) is 3.95. The zero-order chi connectivity index (χ0) is 17.6. The summed E-state index contributed by atoms with van der Waals surface area (Å²) in [7, 11) is 0. The Morgan fingerprint density at radius 2 is 2.04 bits per heavy atom. The normalized spacial score (nSPS) is 18.6. The van der Waals surface area contributed by atoms with Gasteiger partial charge < -0.3 is 19.4 Å². The highest BCUT2D eigenvalue weighted by molar-refractivity contribution is 6.00. The molecule has 3 heterocycles. The van der Waals surface area contributed by atoms with E-state index in [1.54, 1.807) is 0 Å². The molecule has 2 fully saturated rings. The molecule has 2 aliphatic rings. The van der Waals surface area contributed by atoms with E-state index < -0.39 is 0 Å². The van der Waals surface area contributed by atoms with Crippen molar-refractivity contribution in [1.82, 2.24) is 14.7 Å². The maximum Gasteiger partial charge on any atom is 0.255 e. The minimum Gasteiger partial charge on any atom is -0.378 e. The van der Waals surface area contributed by atoms with Crippen LogP contribution in [0.15, 0.2) is 18.3 Å². The summed E-state index contributed by atoms with van der Waals surface area (Å²) < 4.78 is 7.42. The molecule has 1 saturated carbocycles. The first-order valence-corrected chi connectivity index (χ1v) is 9.09. The molecule has 0 radical (unpaired) electrons. The van der Waals surface area contributed by atoms with Gasteiger partial charge in [0.15, 0.2) is 5.65 Å². The Hall–Kier alpha value is -2.08. The van der Waals surface area contributed by atoms with Gasteiger partial charge in [0.25, 0.3) is 5.91 Å². The predicted octanol–water partition coefficient (Wildman–Crippen LogP) is 2.40. The Kier molecular flexibility index (Phi) is 3.95. The molecule has 134 valence electrons. The van der Waals surface area contributed by atoms with E-state index in [-0.39, 0.29) is 11.4 Å². The zero-order valence-electron chi connectivity index (χ0n) is 15.2. The van der Waals surface area contributed by atoms with Gasteiger partial charge in [-0.15, -0.1) is 0 Å². The van der Waals surface area contributed by atoms with Gasteiger partial charge in [-0.05, 0) is 45.6 Å². The Balaban J connectivity index is 1.67. The quantitative estimate of drug-likeness (QED) is 0.927. The molecule has 1 amide bonds. The Morgan fingerprint density at radius 1 is 1.32 bits per heavy atom. The molecule has 0 spiro atoms. The number of ether oxygens (including phenoxy) is 1. The third kappa shape index (κ3) is 3.11. The van der Waals surface area contributed by atoms with Crippen LogP contribution in [0.4, 0.5) is 5.82 Å². The summed E-state index contributed by atoms with van der Waals surface area (Å²) in [6.45, 7) is 9.37. The molecule has 1 aliphatic heterocycles. The van der Waals surface area contributed by atoms with E-state index in [2.05, 4.69) is 37.1 Å². The summed E-state index contributed by atoms with van der Waals surface area (Å²) in [5, 5.41) is 3.21. The summed E-state index contributed by atoms with van der Waals surface area (Å²) >= 11 is 0. The van der Waals surface area contributed by atoms with Crippen molar-refractivity contribution < 1.29 is 9.53 Å². The van der Waals surface area contributed by atoms with Gasteiger partial charge in [-0.1, -0.05) is 0 Å². The van der Waals surface area contributed by atoms with Crippen LogP contribution in [0.3, 0.4) is 0 Å². The summed E-state index contributed by atoms with van der Waals surface area (Å²) in [5.41, 5.74) is 2.28. The smallest absolute Gasteiger partial charge is 0.255 e. The van der Waals surface area contributed by atoms with Gasteiger partial charge in [-0.2, -0.15) is 0 Å². The largest absolute Gasteiger partial charge is 0.378 e. The van der Waals surface area contributed by atoms with Crippen molar-refractivity contribution in [3.63, 3.8) is 0 Å². The highest BCUT2D eigenvalue weighted by atomic mass is 16.5. The van der Waals surface area contributed by atoms with Crippen LogP contribution in [0.1, 0.15) is 42.7 Å². The number of nitrogens with one attached hydrogen (secondary N) is 1. The monoisotopic (exact) mass is 342 g/mol. The maximum atomic E-state index is 12.9. The minimum atomic E-state index is -0.164. The highest BCUT2D eigenvalue weighted by Gasteiger charge is 2.39. The molecule has 0 unspecified atom stereocenters. The third-order valence-corrected chi connectivity index (χ3v) is 5.41. The van der Waals surface area contributed by atoms with Crippen LogP contribution >= 0.6 is 0 Å². The molecule has 0 atom stereocenters. The molecule has 25 heavy (non-hydrogen) atoms. The molecular weight excluding hydrogens is 316 g/mol. The van der Waals surface area contributed by atoms with Gasteiger partial charge in [0.1, 0.15) is 5.82 Å². The number of aromatic nitrogens is 2. The zero-order valence-corrected chi connectivity index (χ0v) is 15.2. The van der Waals surface area contributed by atoms with E-state index in [0.717, 1.165) is 43.5 Å². The average molecular weight is 342 g/mol. The number of hydrogen-bond donors (Lipinski definition) is 1. The number of carbonyl (C=O) groups excluding carboxylic acids is 1. The molecule has 1 N–H and O–H groups in total. The molecule has 2 aromatic heterocycles. The first-order chi connectivity index (χ1) is 12.0. The van der Waals surface area contributed by atoms with Crippen molar-refractivity contribution in [1.29, 1.82) is 0 Å². The lowest BCUT2D eigenvalue weighted by Gasteiger charge is -2.28. The van der Waals surface area contributed by atoms with Gasteiger partial charge in [0, 0.05) is 36.6 Å². The fourth-order valence-electron chi connectivity index (χ4n) is 3.62. The fraction of sp³-hybridized carbons (Fsp3) is 0.579. The molecule has 0 aromatic carbocycles. The van der Waals surface area contributed by atoms with E-state index in [1.807, 2.05) is 16.7 Å². The van der Waals surface area contributed by atoms with Crippen LogP contribution in [0, 0.1) is 12.8 Å². The van der Waals surface area contributed by atoms with Crippen LogP contribution in [-0.2, 0) is 4.74 Å². The van der Waals surface area contributed by atoms with Gasteiger partial charge >= 0.3 is 0 Å². The first kappa shape index (κ1) is 16.4. The molecule has 0 bridgehead atoms. The fourth-order valence-corrected chi connectivity index (χ4v) is 3.62. The van der Waals surface area contributed by atoms with Gasteiger partial charge in [0.2, 0.25) is 0 Å². The van der Waals surface area contributed by atoms with Crippen molar-refractivity contribution in [2.75, 3.05) is 31.2 Å². The lowest BCUT2D eigenvalue weighted by molar-refractivity contribution is 0.0905. The number of amides is 1. The molecule has 6 heteroatoms. The lowest BCUT2D eigenvalue weighted by atomic mass is 9.98. The number of hydrogen-bond acceptors (Lipinski definition) is 4. The Morgan fingerprint density at radius 3 is 2.72 bits per heavy atom. The van der Waals surface area contributed by atoms with Crippen molar-refractivity contribution in [3.8, 4) is 0 Å². The Bertz CT molecular complexity index is 801. The van der Waals surface area contributed by atoms with Crippen LogP contribution in [0.5, 0.6) is 0 Å². The second-order valence-electron chi connectivity index (χ2n) is 7.73. The first-order valence-electron chi connectivity index (χ1n) is 9.09. The van der Waals surface area contributed by atoms with E-state index in [4.69, 9.17) is 9.72 Å². The number of morpholine rings is 1. The number of rotatable bonds is 4. The average Bonchev–Trinajstić information content (AvgIpc) is 3.36. The van der Waals surface area contributed by atoms with Crippen molar-refractivity contribution in [3.05, 3.63) is 29.6 Å². The molecule has 4 rings (SSSR count). The van der Waals surface area contributed by atoms with Crippen molar-refractivity contribution in [2.45, 2.75) is 39.2 Å². The van der Waals surface area contributed by atoms with E-state index in [0.29, 0.717) is 11.5 Å². The number of aryl methyl sites for hydroxylation is 1. The molecule has 1 saturated heterocycles. The molecule has 2 aromatic rings. The van der Waals surface area contributed by atoms with Crippen LogP contribution in [-0.4, -0.2) is 47.1 Å². The van der Waals surface area contributed by atoms with Crippen LogP contribution < -0.4 is 10.2 Å². The minimum absolute atomic E-state index is 0.0366.